The van der Waals surface area contributed by atoms with Crippen molar-refractivity contribution in [2.45, 2.75) is 19.4 Å². The van der Waals surface area contributed by atoms with Crippen molar-refractivity contribution in [2.24, 2.45) is 0 Å². The van der Waals surface area contributed by atoms with Crippen LogP contribution in [0.3, 0.4) is 0 Å². The second-order valence-corrected chi connectivity index (χ2v) is 6.21. The summed E-state index contributed by atoms with van der Waals surface area (Å²) in [6.45, 7) is 1.62. The van der Waals surface area contributed by atoms with Crippen LogP contribution in [0.1, 0.15) is 18.9 Å². The van der Waals surface area contributed by atoms with Crippen LogP contribution in [0.25, 0.3) is 5.57 Å². The lowest BCUT2D eigenvalue weighted by molar-refractivity contribution is -0.153. The van der Waals surface area contributed by atoms with Crippen LogP contribution in [0, 0.1) is 0 Å². The lowest BCUT2D eigenvalue weighted by atomic mass is 10.0. The molecule has 2 aromatic carbocycles. The van der Waals surface area contributed by atoms with E-state index in [0.717, 1.165) is 4.90 Å². The molecule has 1 aliphatic heterocycles. The van der Waals surface area contributed by atoms with Crippen LogP contribution < -0.4 is 10.1 Å². The first-order valence-corrected chi connectivity index (χ1v) is 8.79. The Hall–Kier alpha value is -3.61. The quantitative estimate of drug-likeness (QED) is 0.717. The maximum absolute atomic E-state index is 13.0. The average molecular weight is 380 g/mol. The summed E-state index contributed by atoms with van der Waals surface area (Å²) >= 11 is 0. The highest BCUT2D eigenvalue weighted by Gasteiger charge is 2.44. The summed E-state index contributed by atoms with van der Waals surface area (Å²) in [4.78, 5) is 38.5. The highest BCUT2D eigenvalue weighted by molar-refractivity contribution is 6.37. The summed E-state index contributed by atoms with van der Waals surface area (Å²) in [6, 6.07) is 14.4. The number of hydrogen-bond donors (Lipinski definition) is 2. The Kier molecular flexibility index (Phi) is 5.44. The van der Waals surface area contributed by atoms with Gasteiger partial charge in [-0.3, -0.25) is 14.5 Å². The number of carbonyl (C=O) groups excluding carboxylic acids is 2. The zero-order valence-corrected chi connectivity index (χ0v) is 15.5. The van der Waals surface area contributed by atoms with Gasteiger partial charge in [-0.2, -0.15) is 0 Å². The number of carboxylic acids is 1. The number of methoxy groups -OCH3 is 1. The third-order valence-electron chi connectivity index (χ3n) is 4.52. The Morgan fingerprint density at radius 3 is 2.25 bits per heavy atom. The minimum atomic E-state index is -1.23. The van der Waals surface area contributed by atoms with Crippen LogP contribution >= 0.6 is 0 Å². The van der Waals surface area contributed by atoms with E-state index in [-0.39, 0.29) is 17.7 Å². The normalized spacial score (nSPS) is 15.0. The predicted molar refractivity (Wildman–Crippen MR) is 104 cm³/mol. The van der Waals surface area contributed by atoms with Crippen LogP contribution in [-0.4, -0.2) is 40.9 Å². The van der Waals surface area contributed by atoms with E-state index in [1.807, 2.05) is 0 Å². The van der Waals surface area contributed by atoms with Gasteiger partial charge in [0.2, 0.25) is 0 Å². The minimum absolute atomic E-state index is 0.0565. The van der Waals surface area contributed by atoms with E-state index in [1.54, 1.807) is 68.6 Å². The molecule has 1 aliphatic rings. The number of carbonyl (C=O) groups is 3. The Morgan fingerprint density at radius 2 is 1.71 bits per heavy atom. The van der Waals surface area contributed by atoms with Gasteiger partial charge in [0.15, 0.2) is 0 Å². The molecule has 2 amide bonds. The number of nitrogens with zero attached hydrogens (tertiary/aromatic N) is 1. The van der Waals surface area contributed by atoms with Gasteiger partial charge in [0.05, 0.1) is 12.7 Å². The summed E-state index contributed by atoms with van der Waals surface area (Å²) < 4.78 is 5.12. The lowest BCUT2D eigenvalue weighted by Crippen LogP contribution is -2.45. The van der Waals surface area contributed by atoms with Crippen molar-refractivity contribution in [1.29, 1.82) is 0 Å². The molecular weight excluding hydrogens is 360 g/mol. The molecule has 0 aromatic heterocycles. The maximum Gasteiger partial charge on any atom is 0.326 e. The van der Waals surface area contributed by atoms with Gasteiger partial charge in [0.1, 0.15) is 17.5 Å². The molecule has 2 aromatic rings. The number of imide groups is 1. The van der Waals surface area contributed by atoms with E-state index in [0.29, 0.717) is 17.0 Å². The van der Waals surface area contributed by atoms with Crippen LogP contribution in [-0.2, 0) is 14.4 Å². The van der Waals surface area contributed by atoms with Crippen LogP contribution in [0.4, 0.5) is 5.69 Å². The number of hydrogen-bond acceptors (Lipinski definition) is 5. The summed E-state index contributed by atoms with van der Waals surface area (Å²) in [5.74, 6) is -1.85. The number of ether oxygens (including phenoxy) is 1. The van der Waals surface area contributed by atoms with Gasteiger partial charge in [-0.25, -0.2) is 4.79 Å². The molecule has 2 N–H and O–H groups in total. The third kappa shape index (κ3) is 3.46. The highest BCUT2D eigenvalue weighted by atomic mass is 16.5. The Bertz CT molecular complexity index is 935. The van der Waals surface area contributed by atoms with E-state index in [1.165, 1.54) is 0 Å². The topological polar surface area (TPSA) is 95.9 Å². The number of nitrogens with one attached hydrogen (secondary N) is 1. The second kappa shape index (κ2) is 7.96. The molecule has 1 atom stereocenters. The molecule has 28 heavy (non-hydrogen) atoms. The second-order valence-electron chi connectivity index (χ2n) is 6.21. The van der Waals surface area contributed by atoms with E-state index in [2.05, 4.69) is 5.32 Å². The van der Waals surface area contributed by atoms with Crippen molar-refractivity contribution < 1.29 is 24.2 Å². The van der Waals surface area contributed by atoms with Crippen LogP contribution in [0.2, 0.25) is 0 Å². The van der Waals surface area contributed by atoms with Crippen molar-refractivity contribution in [1.82, 2.24) is 4.90 Å². The third-order valence-corrected chi connectivity index (χ3v) is 4.52. The molecule has 144 valence electrons. The molecule has 3 rings (SSSR count). The zero-order chi connectivity index (χ0) is 20.3. The molecule has 0 aliphatic carbocycles. The molecule has 7 heteroatoms. The van der Waals surface area contributed by atoms with Gasteiger partial charge in [0.25, 0.3) is 11.8 Å². The fourth-order valence-corrected chi connectivity index (χ4v) is 3.10. The van der Waals surface area contributed by atoms with Crippen molar-refractivity contribution in [3.8, 4) is 5.75 Å². The lowest BCUT2D eigenvalue weighted by Gasteiger charge is -2.22. The number of benzene rings is 2. The van der Waals surface area contributed by atoms with Gasteiger partial charge in [-0.05, 0) is 36.2 Å². The molecular formula is C21H20N2O5. The monoisotopic (exact) mass is 380 g/mol. The van der Waals surface area contributed by atoms with Crippen LogP contribution in [0.5, 0.6) is 5.75 Å². The first-order chi connectivity index (χ1) is 13.5. The summed E-state index contributed by atoms with van der Waals surface area (Å²) in [7, 11) is 1.55. The van der Waals surface area contributed by atoms with Gasteiger partial charge in [-0.15, -0.1) is 0 Å². The smallest absolute Gasteiger partial charge is 0.326 e. The zero-order valence-electron chi connectivity index (χ0n) is 15.5. The summed E-state index contributed by atoms with van der Waals surface area (Å²) in [5.41, 5.74) is 1.33. The van der Waals surface area contributed by atoms with Gasteiger partial charge >= 0.3 is 5.97 Å². The van der Waals surface area contributed by atoms with Crippen molar-refractivity contribution in [3.63, 3.8) is 0 Å². The standard InChI is InChI=1S/C21H20N2O5/c1-3-16(21(26)27)23-19(24)17(13-7-5-4-6-8-13)18(20(23)25)22-14-9-11-15(28-2)12-10-14/h4-12,16,22H,3H2,1-2H3,(H,26,27). The molecule has 0 fully saturated rings. The molecule has 0 saturated heterocycles. The molecule has 0 spiro atoms. The van der Waals surface area contributed by atoms with E-state index in [9.17, 15) is 19.5 Å². The molecule has 1 heterocycles. The number of amides is 2. The maximum atomic E-state index is 13.0. The number of aliphatic carboxylic acids is 1. The summed E-state index contributed by atoms with van der Waals surface area (Å²) in [6.07, 6.45) is 0.116. The molecule has 7 nitrogen and oxygen atoms in total. The van der Waals surface area contributed by atoms with E-state index < -0.39 is 23.8 Å². The Labute approximate surface area is 162 Å². The molecule has 1 unspecified atom stereocenters. The van der Waals surface area contributed by atoms with Crippen molar-refractivity contribution >= 4 is 29.0 Å². The Balaban J connectivity index is 2.06. The first-order valence-electron chi connectivity index (χ1n) is 8.79. The van der Waals surface area contributed by atoms with Gasteiger partial charge in [0, 0.05) is 5.69 Å². The fourth-order valence-electron chi connectivity index (χ4n) is 3.10. The van der Waals surface area contributed by atoms with Gasteiger partial charge < -0.3 is 15.2 Å². The number of rotatable bonds is 7. The fraction of sp³-hybridized carbons (Fsp3) is 0.190. The largest absolute Gasteiger partial charge is 0.497 e. The molecule has 0 radical (unpaired) electrons. The van der Waals surface area contributed by atoms with Crippen molar-refractivity contribution in [3.05, 3.63) is 65.9 Å². The Morgan fingerprint density at radius 1 is 1.07 bits per heavy atom. The number of anilines is 1. The first kappa shape index (κ1) is 19.2. The van der Waals surface area contributed by atoms with Gasteiger partial charge in [-0.1, -0.05) is 37.3 Å². The minimum Gasteiger partial charge on any atom is -0.497 e. The predicted octanol–water partition coefficient (Wildman–Crippen LogP) is 2.75. The van der Waals surface area contributed by atoms with Crippen LogP contribution in [0.15, 0.2) is 60.3 Å². The van der Waals surface area contributed by atoms with E-state index in [4.69, 9.17) is 4.74 Å². The van der Waals surface area contributed by atoms with Crippen molar-refractivity contribution in [2.75, 3.05) is 12.4 Å². The summed E-state index contributed by atoms with van der Waals surface area (Å²) in [5, 5.41) is 12.4. The number of carboxylic acid groups (broad SMARTS) is 1. The molecule has 0 saturated carbocycles. The highest BCUT2D eigenvalue weighted by Crippen LogP contribution is 2.32. The van der Waals surface area contributed by atoms with E-state index >= 15 is 0 Å². The molecule has 0 bridgehead atoms. The SMILES string of the molecule is CCC(C(=O)O)N1C(=O)C(Nc2ccc(OC)cc2)=C(c2ccccc2)C1=O. The average Bonchev–Trinajstić information content (AvgIpc) is 2.94.